The van der Waals surface area contributed by atoms with Crippen LogP contribution >= 0.6 is 0 Å². The van der Waals surface area contributed by atoms with Gasteiger partial charge in [0, 0.05) is 6.54 Å². The van der Waals surface area contributed by atoms with Gasteiger partial charge in [0.15, 0.2) is 11.5 Å². The molecule has 0 heterocycles. The molecule has 5 nitrogen and oxygen atoms in total. The zero-order valence-electron chi connectivity index (χ0n) is 10.9. The van der Waals surface area contributed by atoms with Gasteiger partial charge < -0.3 is 15.2 Å². The van der Waals surface area contributed by atoms with Crippen LogP contribution in [-0.4, -0.2) is 24.2 Å². The maximum absolute atomic E-state index is 11.6. The van der Waals surface area contributed by atoms with Crippen molar-refractivity contribution in [1.82, 2.24) is 5.32 Å². The number of aromatic hydroxyl groups is 1. The predicted octanol–water partition coefficient (Wildman–Crippen LogP) is 1.83. The van der Waals surface area contributed by atoms with Crippen LogP contribution in [0.15, 0.2) is 23.8 Å². The molecule has 1 amide bonds. The Balaban J connectivity index is 3.06. The highest BCUT2D eigenvalue weighted by Crippen LogP contribution is 2.27. The summed E-state index contributed by atoms with van der Waals surface area (Å²) in [6, 6.07) is 6.49. The SMILES string of the molecule is CCNC(=O)C(C#N)=Cc1ccc(O)c(OCC)c1. The second kappa shape index (κ2) is 7.07. The first-order valence-corrected chi connectivity index (χ1v) is 5.98. The Kier molecular flexibility index (Phi) is 5.42. The smallest absolute Gasteiger partial charge is 0.261 e. The van der Waals surface area contributed by atoms with E-state index in [1.807, 2.05) is 6.07 Å². The minimum Gasteiger partial charge on any atom is -0.504 e. The van der Waals surface area contributed by atoms with Crippen molar-refractivity contribution in [3.05, 3.63) is 29.3 Å². The lowest BCUT2D eigenvalue weighted by Crippen LogP contribution is -2.23. The van der Waals surface area contributed by atoms with Crippen molar-refractivity contribution >= 4 is 12.0 Å². The number of carbonyl (C=O) groups is 1. The number of benzene rings is 1. The van der Waals surface area contributed by atoms with Crippen molar-refractivity contribution in [2.24, 2.45) is 0 Å². The molecule has 0 aromatic heterocycles. The molecule has 1 aromatic carbocycles. The number of nitrogens with one attached hydrogen (secondary N) is 1. The summed E-state index contributed by atoms with van der Waals surface area (Å²) in [4.78, 5) is 11.6. The van der Waals surface area contributed by atoms with Gasteiger partial charge in [0.05, 0.1) is 6.61 Å². The van der Waals surface area contributed by atoms with Crippen molar-refractivity contribution in [3.8, 4) is 17.6 Å². The van der Waals surface area contributed by atoms with E-state index in [1.54, 1.807) is 26.0 Å². The number of phenolic OH excluding ortho intramolecular Hbond substituents is 1. The average Bonchev–Trinajstić information content (AvgIpc) is 2.40. The van der Waals surface area contributed by atoms with Crippen LogP contribution in [0.4, 0.5) is 0 Å². The summed E-state index contributed by atoms with van der Waals surface area (Å²) in [5, 5.41) is 21.1. The monoisotopic (exact) mass is 260 g/mol. The van der Waals surface area contributed by atoms with Crippen molar-refractivity contribution in [1.29, 1.82) is 5.26 Å². The number of rotatable bonds is 5. The Hall–Kier alpha value is -2.48. The fraction of sp³-hybridized carbons (Fsp3) is 0.286. The molecule has 0 unspecified atom stereocenters. The first-order chi connectivity index (χ1) is 9.12. The standard InChI is InChI=1S/C14H16N2O3/c1-3-16-14(18)11(9-15)7-10-5-6-12(17)13(8-10)19-4-2/h5-8,17H,3-4H2,1-2H3,(H,16,18). The molecule has 0 spiro atoms. The van der Waals surface area contributed by atoms with Gasteiger partial charge in [0.25, 0.3) is 5.91 Å². The summed E-state index contributed by atoms with van der Waals surface area (Å²) < 4.78 is 5.24. The average molecular weight is 260 g/mol. The zero-order valence-corrected chi connectivity index (χ0v) is 10.9. The molecule has 2 N–H and O–H groups in total. The van der Waals surface area contributed by atoms with Gasteiger partial charge >= 0.3 is 0 Å². The van der Waals surface area contributed by atoms with E-state index in [0.717, 1.165) is 0 Å². The lowest BCUT2D eigenvalue weighted by Gasteiger charge is -2.06. The molecule has 5 heteroatoms. The van der Waals surface area contributed by atoms with Gasteiger partial charge in [-0.1, -0.05) is 6.07 Å². The minimum absolute atomic E-state index is 0.00925. The van der Waals surface area contributed by atoms with E-state index in [0.29, 0.717) is 24.5 Å². The Morgan fingerprint density at radius 1 is 1.53 bits per heavy atom. The number of phenols is 1. The summed E-state index contributed by atoms with van der Waals surface area (Å²) in [6.45, 7) is 4.46. The summed E-state index contributed by atoms with van der Waals surface area (Å²) in [5.74, 6) is -0.0732. The number of carbonyl (C=O) groups excluding carboxylic acids is 1. The third-order valence-corrected chi connectivity index (χ3v) is 2.30. The highest BCUT2D eigenvalue weighted by Gasteiger charge is 2.08. The molecule has 0 fully saturated rings. The number of likely N-dealkylation sites (N-methyl/N-ethyl adjacent to an activating group) is 1. The van der Waals surface area contributed by atoms with E-state index in [9.17, 15) is 9.90 Å². The third kappa shape index (κ3) is 4.03. The molecular formula is C14H16N2O3. The number of ether oxygens (including phenoxy) is 1. The summed E-state index contributed by atoms with van der Waals surface area (Å²) >= 11 is 0. The number of nitrogens with zero attached hydrogens (tertiary/aromatic N) is 1. The summed E-state index contributed by atoms with van der Waals surface area (Å²) in [7, 11) is 0. The first kappa shape index (κ1) is 14.6. The molecule has 0 aliphatic rings. The lowest BCUT2D eigenvalue weighted by molar-refractivity contribution is -0.116. The van der Waals surface area contributed by atoms with Gasteiger partial charge in [-0.3, -0.25) is 4.79 Å². The van der Waals surface area contributed by atoms with Gasteiger partial charge in [-0.05, 0) is 37.6 Å². The molecule has 0 saturated heterocycles. The number of hydrogen-bond donors (Lipinski definition) is 2. The number of nitriles is 1. The van der Waals surface area contributed by atoms with Gasteiger partial charge in [-0.2, -0.15) is 5.26 Å². The zero-order chi connectivity index (χ0) is 14.3. The van der Waals surface area contributed by atoms with Gasteiger partial charge in [-0.15, -0.1) is 0 Å². The molecule has 0 bridgehead atoms. The van der Waals surface area contributed by atoms with E-state index < -0.39 is 5.91 Å². The van der Waals surface area contributed by atoms with Crippen LogP contribution in [0.25, 0.3) is 6.08 Å². The second-order valence-electron chi connectivity index (χ2n) is 3.69. The van der Waals surface area contributed by atoms with Crippen molar-refractivity contribution in [2.75, 3.05) is 13.2 Å². The minimum atomic E-state index is -0.420. The highest BCUT2D eigenvalue weighted by atomic mass is 16.5. The van der Waals surface area contributed by atoms with Crippen LogP contribution in [0.5, 0.6) is 11.5 Å². The van der Waals surface area contributed by atoms with Gasteiger partial charge in [0.1, 0.15) is 11.6 Å². The summed E-state index contributed by atoms with van der Waals surface area (Å²) in [6.07, 6.45) is 1.45. The molecular weight excluding hydrogens is 244 g/mol. The van der Waals surface area contributed by atoms with Crippen LogP contribution in [0.2, 0.25) is 0 Å². The fourth-order valence-electron chi connectivity index (χ4n) is 1.46. The van der Waals surface area contributed by atoms with Crippen LogP contribution in [0, 0.1) is 11.3 Å². The Morgan fingerprint density at radius 3 is 2.84 bits per heavy atom. The van der Waals surface area contributed by atoms with E-state index in [1.165, 1.54) is 12.1 Å². The maximum atomic E-state index is 11.6. The first-order valence-electron chi connectivity index (χ1n) is 5.98. The maximum Gasteiger partial charge on any atom is 0.261 e. The van der Waals surface area contributed by atoms with Crippen LogP contribution in [0.1, 0.15) is 19.4 Å². The highest BCUT2D eigenvalue weighted by molar-refractivity contribution is 6.01. The van der Waals surface area contributed by atoms with Crippen molar-refractivity contribution < 1.29 is 14.6 Å². The Bertz CT molecular complexity index is 530. The molecule has 0 saturated carbocycles. The number of hydrogen-bond acceptors (Lipinski definition) is 4. The van der Waals surface area contributed by atoms with Gasteiger partial charge in [-0.25, -0.2) is 0 Å². The van der Waals surface area contributed by atoms with E-state index in [2.05, 4.69) is 5.32 Å². The molecule has 0 radical (unpaired) electrons. The number of amides is 1. The molecule has 100 valence electrons. The van der Waals surface area contributed by atoms with E-state index in [-0.39, 0.29) is 11.3 Å². The van der Waals surface area contributed by atoms with Crippen molar-refractivity contribution in [2.45, 2.75) is 13.8 Å². The lowest BCUT2D eigenvalue weighted by atomic mass is 10.1. The third-order valence-electron chi connectivity index (χ3n) is 2.30. The molecule has 19 heavy (non-hydrogen) atoms. The fourth-order valence-corrected chi connectivity index (χ4v) is 1.46. The molecule has 0 atom stereocenters. The largest absolute Gasteiger partial charge is 0.504 e. The molecule has 1 rings (SSSR count). The van der Waals surface area contributed by atoms with E-state index in [4.69, 9.17) is 10.00 Å². The second-order valence-corrected chi connectivity index (χ2v) is 3.69. The molecule has 1 aromatic rings. The topological polar surface area (TPSA) is 82.4 Å². The predicted molar refractivity (Wildman–Crippen MR) is 71.5 cm³/mol. The normalized spacial score (nSPS) is 10.7. The molecule has 0 aliphatic carbocycles. The quantitative estimate of drug-likeness (QED) is 0.625. The molecule has 0 aliphatic heterocycles. The Morgan fingerprint density at radius 2 is 2.26 bits per heavy atom. The van der Waals surface area contributed by atoms with Gasteiger partial charge in [0.2, 0.25) is 0 Å². The summed E-state index contributed by atoms with van der Waals surface area (Å²) in [5.41, 5.74) is 0.624. The van der Waals surface area contributed by atoms with E-state index >= 15 is 0 Å². The van der Waals surface area contributed by atoms with Crippen LogP contribution in [-0.2, 0) is 4.79 Å². The van der Waals surface area contributed by atoms with Crippen LogP contribution in [0.3, 0.4) is 0 Å². The Labute approximate surface area is 112 Å². The van der Waals surface area contributed by atoms with Crippen LogP contribution < -0.4 is 10.1 Å². The van der Waals surface area contributed by atoms with Crippen molar-refractivity contribution in [3.63, 3.8) is 0 Å².